The Morgan fingerprint density at radius 3 is 2.78 bits per heavy atom. The van der Waals surface area contributed by atoms with Gasteiger partial charge in [-0.05, 0) is 13.0 Å². The van der Waals surface area contributed by atoms with Gasteiger partial charge in [-0.2, -0.15) is 0 Å². The van der Waals surface area contributed by atoms with Gasteiger partial charge in [0, 0.05) is 25.9 Å². The number of aryl methyl sites for hydroxylation is 1. The summed E-state index contributed by atoms with van der Waals surface area (Å²) in [5, 5.41) is 0. The third kappa shape index (κ3) is 2.77. The molecule has 98 valence electrons. The molecule has 3 N–H and O–H groups in total. The predicted molar refractivity (Wildman–Crippen MR) is 64.6 cm³/mol. The maximum atomic E-state index is 11.4. The lowest BCUT2D eigenvalue weighted by Crippen LogP contribution is -2.33. The lowest BCUT2D eigenvalue weighted by Gasteiger charge is -2.24. The Kier molecular flexibility index (Phi) is 3.78. The average Bonchev–Trinajstić information content (AvgIpc) is 2.72. The van der Waals surface area contributed by atoms with Crippen molar-refractivity contribution in [1.29, 1.82) is 0 Å². The van der Waals surface area contributed by atoms with Crippen LogP contribution < -0.4 is 11.3 Å². The van der Waals surface area contributed by atoms with Gasteiger partial charge in [-0.3, -0.25) is 19.9 Å². The summed E-state index contributed by atoms with van der Waals surface area (Å²) in [7, 11) is 0. The van der Waals surface area contributed by atoms with Gasteiger partial charge in [0.05, 0.1) is 12.1 Å². The van der Waals surface area contributed by atoms with Crippen LogP contribution in [0, 0.1) is 6.92 Å². The molecule has 1 fully saturated rings. The van der Waals surface area contributed by atoms with Crippen molar-refractivity contribution in [3.05, 3.63) is 23.2 Å². The summed E-state index contributed by atoms with van der Waals surface area (Å²) in [6.45, 7) is 3.84. The quantitative estimate of drug-likeness (QED) is 0.460. The van der Waals surface area contributed by atoms with Gasteiger partial charge >= 0.3 is 0 Å². The fourth-order valence-corrected chi connectivity index (χ4v) is 2.11. The van der Waals surface area contributed by atoms with E-state index in [0.717, 1.165) is 18.8 Å². The molecule has 0 aliphatic carbocycles. The SMILES string of the molecule is Cc1oc(CN2CCC(=O)CC2)cc1C(=O)NN. The molecule has 1 aromatic heterocycles. The number of nitrogens with one attached hydrogen (secondary N) is 1. The van der Waals surface area contributed by atoms with Gasteiger partial charge in [-0.15, -0.1) is 0 Å². The van der Waals surface area contributed by atoms with Crippen molar-refractivity contribution < 1.29 is 14.0 Å². The molecular weight excluding hydrogens is 234 g/mol. The van der Waals surface area contributed by atoms with E-state index < -0.39 is 0 Å². The number of piperidine rings is 1. The molecule has 0 aromatic carbocycles. The molecule has 2 rings (SSSR count). The Bertz CT molecular complexity index is 457. The largest absolute Gasteiger partial charge is 0.464 e. The number of furan rings is 1. The highest BCUT2D eigenvalue weighted by Gasteiger charge is 2.19. The van der Waals surface area contributed by atoms with Crippen molar-refractivity contribution in [2.45, 2.75) is 26.3 Å². The third-order valence-corrected chi connectivity index (χ3v) is 3.14. The van der Waals surface area contributed by atoms with Crippen LogP contribution in [0.2, 0.25) is 0 Å². The number of nitrogens with zero attached hydrogens (tertiary/aromatic N) is 1. The Labute approximate surface area is 105 Å². The van der Waals surface area contributed by atoms with Crippen LogP contribution in [0.3, 0.4) is 0 Å². The van der Waals surface area contributed by atoms with Gasteiger partial charge in [-0.1, -0.05) is 0 Å². The average molecular weight is 251 g/mol. The summed E-state index contributed by atoms with van der Waals surface area (Å²) in [5.74, 6) is 6.33. The number of hydrogen-bond acceptors (Lipinski definition) is 5. The highest BCUT2D eigenvalue weighted by molar-refractivity contribution is 5.94. The molecule has 0 radical (unpaired) electrons. The number of carbonyl (C=O) groups excluding carboxylic acids is 2. The van der Waals surface area contributed by atoms with Gasteiger partial charge in [0.15, 0.2) is 0 Å². The Balaban J connectivity index is 2.02. The van der Waals surface area contributed by atoms with Crippen LogP contribution in [0.15, 0.2) is 10.5 Å². The summed E-state index contributed by atoms with van der Waals surface area (Å²) in [5.41, 5.74) is 2.55. The summed E-state index contributed by atoms with van der Waals surface area (Å²) in [6.07, 6.45) is 1.19. The predicted octanol–water partition coefficient (Wildman–Crippen LogP) is 0.356. The van der Waals surface area contributed by atoms with Crippen LogP contribution >= 0.6 is 0 Å². The van der Waals surface area contributed by atoms with E-state index in [1.54, 1.807) is 13.0 Å². The van der Waals surface area contributed by atoms with Crippen LogP contribution in [-0.4, -0.2) is 29.7 Å². The monoisotopic (exact) mass is 251 g/mol. The first-order valence-corrected chi connectivity index (χ1v) is 5.94. The van der Waals surface area contributed by atoms with E-state index in [4.69, 9.17) is 10.3 Å². The number of nitrogens with two attached hydrogens (primary N) is 1. The minimum absolute atomic E-state index is 0.310. The minimum atomic E-state index is -0.351. The molecule has 1 amide bonds. The number of carbonyl (C=O) groups is 2. The molecule has 1 aliphatic rings. The van der Waals surface area contributed by atoms with E-state index in [2.05, 4.69) is 10.3 Å². The van der Waals surface area contributed by atoms with Crippen LogP contribution in [0.5, 0.6) is 0 Å². The summed E-state index contributed by atoms with van der Waals surface area (Å²) >= 11 is 0. The van der Waals surface area contributed by atoms with Crippen LogP contribution in [0.4, 0.5) is 0 Å². The van der Waals surface area contributed by atoms with Crippen molar-refractivity contribution in [1.82, 2.24) is 10.3 Å². The highest BCUT2D eigenvalue weighted by Crippen LogP contribution is 2.17. The highest BCUT2D eigenvalue weighted by atomic mass is 16.3. The Morgan fingerprint density at radius 2 is 2.17 bits per heavy atom. The Morgan fingerprint density at radius 1 is 1.50 bits per heavy atom. The number of ketones is 1. The number of likely N-dealkylation sites (tertiary alicyclic amines) is 1. The van der Waals surface area contributed by atoms with Gasteiger partial charge in [0.25, 0.3) is 5.91 Å². The molecule has 0 atom stereocenters. The van der Waals surface area contributed by atoms with Crippen LogP contribution in [0.1, 0.15) is 34.7 Å². The molecule has 2 heterocycles. The van der Waals surface area contributed by atoms with E-state index in [9.17, 15) is 9.59 Å². The van der Waals surface area contributed by atoms with E-state index in [-0.39, 0.29) is 5.91 Å². The molecule has 0 bridgehead atoms. The Hall–Kier alpha value is -1.66. The zero-order valence-corrected chi connectivity index (χ0v) is 10.4. The lowest BCUT2D eigenvalue weighted by atomic mass is 10.1. The summed E-state index contributed by atoms with van der Waals surface area (Å²) < 4.78 is 5.52. The first-order valence-electron chi connectivity index (χ1n) is 5.94. The third-order valence-electron chi connectivity index (χ3n) is 3.14. The van der Waals surface area contributed by atoms with E-state index in [1.807, 2.05) is 0 Å². The normalized spacial score (nSPS) is 16.9. The number of Topliss-reactive ketones (excluding diaryl/α,β-unsaturated/α-hetero) is 1. The van der Waals surface area contributed by atoms with Gasteiger partial charge in [0.1, 0.15) is 17.3 Å². The zero-order valence-electron chi connectivity index (χ0n) is 10.4. The first kappa shape index (κ1) is 12.8. The van der Waals surface area contributed by atoms with Gasteiger partial charge in [-0.25, -0.2) is 5.84 Å². The maximum absolute atomic E-state index is 11.4. The molecule has 0 unspecified atom stereocenters. The fraction of sp³-hybridized carbons (Fsp3) is 0.500. The van der Waals surface area contributed by atoms with E-state index in [0.29, 0.717) is 36.5 Å². The first-order chi connectivity index (χ1) is 8.60. The van der Waals surface area contributed by atoms with Crippen LogP contribution in [-0.2, 0) is 11.3 Å². The molecule has 1 aliphatic heterocycles. The van der Waals surface area contributed by atoms with E-state index in [1.165, 1.54) is 0 Å². The minimum Gasteiger partial charge on any atom is -0.464 e. The second-order valence-corrected chi connectivity index (χ2v) is 4.47. The van der Waals surface area contributed by atoms with Gasteiger partial charge < -0.3 is 4.42 Å². The second-order valence-electron chi connectivity index (χ2n) is 4.47. The number of nitrogen functional groups attached to an aromatic ring is 1. The van der Waals surface area contributed by atoms with Crippen molar-refractivity contribution in [2.75, 3.05) is 13.1 Å². The number of hydrogen-bond donors (Lipinski definition) is 2. The lowest BCUT2D eigenvalue weighted by molar-refractivity contribution is -0.121. The topological polar surface area (TPSA) is 88.6 Å². The van der Waals surface area contributed by atoms with Crippen molar-refractivity contribution in [3.8, 4) is 0 Å². The van der Waals surface area contributed by atoms with Crippen molar-refractivity contribution >= 4 is 11.7 Å². The summed E-state index contributed by atoms with van der Waals surface area (Å²) in [4.78, 5) is 24.7. The molecule has 0 spiro atoms. The van der Waals surface area contributed by atoms with Crippen LogP contribution in [0.25, 0.3) is 0 Å². The number of rotatable bonds is 3. The molecule has 6 nitrogen and oxygen atoms in total. The number of amides is 1. The molecule has 0 saturated carbocycles. The van der Waals surface area contributed by atoms with Crippen molar-refractivity contribution in [3.63, 3.8) is 0 Å². The molecule has 1 aromatic rings. The molecular formula is C12H17N3O3. The maximum Gasteiger partial charge on any atom is 0.268 e. The fourth-order valence-electron chi connectivity index (χ4n) is 2.11. The molecule has 18 heavy (non-hydrogen) atoms. The zero-order chi connectivity index (χ0) is 13.1. The smallest absolute Gasteiger partial charge is 0.268 e. The van der Waals surface area contributed by atoms with Gasteiger partial charge in [0.2, 0.25) is 0 Å². The van der Waals surface area contributed by atoms with E-state index >= 15 is 0 Å². The molecule has 6 heteroatoms. The number of hydrazine groups is 1. The second kappa shape index (κ2) is 5.32. The van der Waals surface area contributed by atoms with Crippen molar-refractivity contribution in [2.24, 2.45) is 5.84 Å². The standard InChI is InChI=1S/C12H17N3O3/c1-8-11(12(17)14-13)6-10(18-8)7-15-4-2-9(16)3-5-15/h6H,2-5,7,13H2,1H3,(H,14,17). The summed E-state index contributed by atoms with van der Waals surface area (Å²) in [6, 6.07) is 1.70. The molecule has 1 saturated heterocycles.